The van der Waals surface area contributed by atoms with Gasteiger partial charge in [0.1, 0.15) is 0 Å². The molecule has 1 saturated heterocycles. The van der Waals surface area contributed by atoms with Gasteiger partial charge in [-0.1, -0.05) is 26.3 Å². The predicted molar refractivity (Wildman–Crippen MR) is 99.4 cm³/mol. The maximum Gasteiger partial charge on any atom is 0.381 e. The highest BCUT2D eigenvalue weighted by molar-refractivity contribution is 8.13. The van der Waals surface area contributed by atoms with Gasteiger partial charge in [0.2, 0.25) is 10.6 Å². The number of carbonyl (C=O) groups excluding carboxylic acids is 1. The zero-order valence-corrected chi connectivity index (χ0v) is 16.8. The van der Waals surface area contributed by atoms with E-state index < -0.39 is 20.8 Å². The molecule has 2 aliphatic heterocycles. The molecule has 0 bridgehead atoms. The van der Waals surface area contributed by atoms with E-state index in [1.165, 1.54) is 23.8 Å². The van der Waals surface area contributed by atoms with Gasteiger partial charge in [-0.05, 0) is 13.0 Å². The summed E-state index contributed by atoms with van der Waals surface area (Å²) in [5.74, 6) is 0.755. The second kappa shape index (κ2) is 9.89. The number of amides is 2. The molecule has 1 unspecified atom stereocenters. The SMILES string of the molecule is COC1=NN(NC(=O)/N=N/S(=O)(=O)C2SCCN2OC/C=C/Cl)NC(C)=C1. The minimum atomic E-state index is -4.11. The maximum absolute atomic E-state index is 12.3. The van der Waals surface area contributed by atoms with Crippen molar-refractivity contribution in [2.24, 2.45) is 14.7 Å². The van der Waals surface area contributed by atoms with Crippen LogP contribution in [0, 0.1) is 0 Å². The van der Waals surface area contributed by atoms with Crippen molar-refractivity contribution in [3.8, 4) is 0 Å². The minimum Gasteiger partial charge on any atom is -0.480 e. The number of hydrazine groups is 2. The fraction of sp³-hybridized carbons (Fsp3) is 0.500. The molecule has 15 heteroatoms. The second-order valence-corrected chi connectivity index (χ2v) is 8.36. The molecule has 0 saturated carbocycles. The molecule has 1 fully saturated rings. The molecular weight excluding hydrogens is 422 g/mol. The van der Waals surface area contributed by atoms with Crippen molar-refractivity contribution >= 4 is 45.3 Å². The van der Waals surface area contributed by atoms with Gasteiger partial charge in [0.15, 0.2) is 0 Å². The van der Waals surface area contributed by atoms with Crippen molar-refractivity contribution in [1.82, 2.24) is 21.1 Å². The molecule has 0 aliphatic carbocycles. The number of nitrogens with one attached hydrogen (secondary N) is 2. The lowest BCUT2D eigenvalue weighted by molar-refractivity contribution is -0.132. The Morgan fingerprint density at radius 2 is 2.41 bits per heavy atom. The molecule has 0 spiro atoms. The lowest BCUT2D eigenvalue weighted by atomic mass is 10.4. The molecule has 2 heterocycles. The summed E-state index contributed by atoms with van der Waals surface area (Å²) in [6, 6.07) is -1.04. The van der Waals surface area contributed by atoms with Gasteiger partial charge < -0.3 is 4.74 Å². The zero-order chi connectivity index (χ0) is 19.9. The number of hydrogen-bond acceptors (Lipinski definition) is 10. The number of nitrogens with zero attached hydrogens (tertiary/aromatic N) is 5. The maximum atomic E-state index is 12.3. The Kier molecular flexibility index (Phi) is 7.85. The van der Waals surface area contributed by atoms with Crippen LogP contribution in [0.4, 0.5) is 4.79 Å². The molecule has 2 rings (SSSR count). The fourth-order valence-electron chi connectivity index (χ4n) is 1.90. The number of thioether (sulfide) groups is 1. The van der Waals surface area contributed by atoms with E-state index in [9.17, 15) is 13.2 Å². The van der Waals surface area contributed by atoms with E-state index in [0.29, 0.717) is 18.0 Å². The quantitative estimate of drug-likeness (QED) is 0.582. The van der Waals surface area contributed by atoms with E-state index in [1.807, 2.05) is 0 Å². The number of urea groups is 1. The first kappa shape index (κ1) is 21.4. The van der Waals surface area contributed by atoms with E-state index in [4.69, 9.17) is 21.2 Å². The number of rotatable bonds is 6. The number of ether oxygens (including phenoxy) is 1. The number of hydrogen-bond donors (Lipinski definition) is 2. The molecule has 12 nitrogen and oxygen atoms in total. The highest BCUT2D eigenvalue weighted by Crippen LogP contribution is 2.29. The number of allylic oxidation sites excluding steroid dienone is 1. The number of sulfonamides is 1. The van der Waals surface area contributed by atoms with Crippen molar-refractivity contribution in [1.29, 1.82) is 0 Å². The van der Waals surface area contributed by atoms with Crippen LogP contribution in [0.15, 0.2) is 38.1 Å². The topological polar surface area (TPSA) is 137 Å². The van der Waals surface area contributed by atoms with Crippen LogP contribution < -0.4 is 10.9 Å². The van der Waals surface area contributed by atoms with E-state index >= 15 is 0 Å². The number of hydroxylamine groups is 2. The van der Waals surface area contributed by atoms with Gasteiger partial charge in [-0.15, -0.1) is 17.0 Å². The third-order valence-electron chi connectivity index (χ3n) is 2.96. The minimum absolute atomic E-state index is 0.112. The summed E-state index contributed by atoms with van der Waals surface area (Å²) in [5.41, 5.74) is 6.79. The third kappa shape index (κ3) is 6.35. The normalized spacial score (nSPS) is 21.3. The first-order valence-corrected chi connectivity index (χ1v) is 10.5. The smallest absolute Gasteiger partial charge is 0.381 e. The monoisotopic (exact) mass is 439 g/mol. The molecule has 27 heavy (non-hydrogen) atoms. The number of methoxy groups -OCH3 is 1. The van der Waals surface area contributed by atoms with Gasteiger partial charge in [0.25, 0.3) is 10.0 Å². The number of carbonyl (C=O) groups is 1. The van der Waals surface area contributed by atoms with Crippen LogP contribution in [-0.2, 0) is 19.6 Å². The van der Waals surface area contributed by atoms with Gasteiger partial charge >= 0.3 is 6.03 Å². The lowest BCUT2D eigenvalue weighted by Crippen LogP contribution is -2.47. The summed E-state index contributed by atoms with van der Waals surface area (Å²) in [5, 5.41) is 9.24. The molecule has 150 valence electrons. The van der Waals surface area contributed by atoms with Crippen LogP contribution in [0.2, 0.25) is 0 Å². The molecule has 0 radical (unpaired) electrons. The highest BCUT2D eigenvalue weighted by atomic mass is 35.5. The Bertz CT molecular complexity index is 770. The van der Waals surface area contributed by atoms with Crippen molar-refractivity contribution in [2.75, 3.05) is 26.0 Å². The summed E-state index contributed by atoms with van der Waals surface area (Å²) in [6.07, 6.45) is 3.11. The summed E-state index contributed by atoms with van der Waals surface area (Å²) in [7, 11) is -2.70. The van der Waals surface area contributed by atoms with Crippen LogP contribution >= 0.6 is 23.4 Å². The van der Waals surface area contributed by atoms with Crippen LogP contribution in [-0.4, -0.2) is 61.4 Å². The molecule has 2 N–H and O–H groups in total. The van der Waals surface area contributed by atoms with Gasteiger partial charge in [0.05, 0.1) is 13.7 Å². The Balaban J connectivity index is 1.96. The van der Waals surface area contributed by atoms with Crippen molar-refractivity contribution in [2.45, 2.75) is 11.6 Å². The number of hydrazone groups is 1. The summed E-state index contributed by atoms with van der Waals surface area (Å²) < 4.78 is 31.7. The first-order valence-electron chi connectivity index (χ1n) is 7.47. The van der Waals surface area contributed by atoms with Crippen molar-refractivity contribution < 1.29 is 22.8 Å². The van der Waals surface area contributed by atoms with E-state index in [2.05, 4.69) is 25.6 Å². The van der Waals surface area contributed by atoms with E-state index in [0.717, 1.165) is 17.0 Å². The predicted octanol–water partition coefficient (Wildman–Crippen LogP) is 1.09. The first-order chi connectivity index (χ1) is 12.9. The van der Waals surface area contributed by atoms with Gasteiger partial charge in [-0.3, -0.25) is 10.3 Å². The average molecular weight is 440 g/mol. The van der Waals surface area contributed by atoms with Crippen LogP contribution in [0.5, 0.6) is 0 Å². The van der Waals surface area contributed by atoms with Crippen LogP contribution in [0.25, 0.3) is 0 Å². The Hall–Kier alpha value is -1.87. The standard InChI is InChI=1S/C12H18ClN7O5S2/c1-9-8-10(24-2)16-20(15-9)17-11(21)14-18-27(22,23)12-19(5-7-26-12)25-6-3-4-13/h3-4,8,12,15H,5-7H2,1-2H3,(H,17,21)/b4-3+,18-14+. The van der Waals surface area contributed by atoms with E-state index in [1.54, 1.807) is 13.0 Å². The second-order valence-electron chi connectivity index (χ2n) is 4.98. The molecule has 0 aromatic carbocycles. The third-order valence-corrected chi connectivity index (χ3v) is 6.27. The highest BCUT2D eigenvalue weighted by Gasteiger charge is 2.37. The van der Waals surface area contributed by atoms with Gasteiger partial charge in [-0.2, -0.15) is 5.06 Å². The Morgan fingerprint density at radius 3 is 3.11 bits per heavy atom. The largest absolute Gasteiger partial charge is 0.480 e. The fourth-order valence-corrected chi connectivity index (χ4v) is 4.62. The zero-order valence-electron chi connectivity index (χ0n) is 14.4. The molecule has 2 amide bonds. The van der Waals surface area contributed by atoms with Crippen molar-refractivity contribution in [3.63, 3.8) is 0 Å². The average Bonchev–Trinajstić information content (AvgIpc) is 3.09. The Labute approximate surface area is 165 Å². The van der Waals surface area contributed by atoms with Crippen molar-refractivity contribution in [3.05, 3.63) is 23.4 Å². The van der Waals surface area contributed by atoms with E-state index in [-0.39, 0.29) is 12.5 Å². The molecule has 1 atom stereocenters. The van der Waals surface area contributed by atoms with Crippen LogP contribution in [0.1, 0.15) is 6.92 Å². The Morgan fingerprint density at radius 1 is 1.63 bits per heavy atom. The molecule has 0 aromatic heterocycles. The molecule has 2 aliphatic rings. The summed E-state index contributed by atoms with van der Waals surface area (Å²) in [4.78, 5) is 17.2. The summed E-state index contributed by atoms with van der Waals surface area (Å²) >= 11 is 6.50. The molecular formula is C12H18ClN7O5S2. The summed E-state index contributed by atoms with van der Waals surface area (Å²) in [6.45, 7) is 2.20. The van der Waals surface area contributed by atoms with Gasteiger partial charge in [-0.25, -0.2) is 18.6 Å². The molecule has 0 aromatic rings. The lowest BCUT2D eigenvalue weighted by Gasteiger charge is -2.23. The van der Waals surface area contributed by atoms with Crippen LogP contribution in [0.3, 0.4) is 0 Å². The van der Waals surface area contributed by atoms with Gasteiger partial charge in [0, 0.05) is 29.6 Å². The number of halogens is 1.